The van der Waals surface area contributed by atoms with Gasteiger partial charge in [0.15, 0.2) is 0 Å². The van der Waals surface area contributed by atoms with Crippen LogP contribution in [0.1, 0.15) is 5.56 Å². The van der Waals surface area contributed by atoms with Crippen LogP contribution in [-0.2, 0) is 6.18 Å². The molecular weight excluding hydrogens is 193 g/mol. The highest BCUT2D eigenvalue weighted by atomic mass is 19.4. The fourth-order valence-electron chi connectivity index (χ4n) is 0.748. The summed E-state index contributed by atoms with van der Waals surface area (Å²) in [7, 11) is 0. The standard InChI is InChI=1S/C7H4F5N/c8-4-1-3(7(10,11)12)2-5(9)6(4)13/h1-2H,13H2. The van der Waals surface area contributed by atoms with Crippen LogP contribution in [0.2, 0.25) is 0 Å². The zero-order valence-corrected chi connectivity index (χ0v) is 6.12. The van der Waals surface area contributed by atoms with E-state index in [-0.39, 0.29) is 12.1 Å². The molecule has 0 heterocycles. The Morgan fingerprint density at radius 1 is 1.00 bits per heavy atom. The molecule has 0 bridgehead atoms. The number of anilines is 1. The Labute approximate surface area is 70.0 Å². The number of nitrogen functional groups attached to an aromatic ring is 1. The molecule has 0 aromatic heterocycles. The van der Waals surface area contributed by atoms with Gasteiger partial charge in [-0.15, -0.1) is 0 Å². The molecule has 0 radical (unpaired) electrons. The summed E-state index contributed by atoms with van der Waals surface area (Å²) in [5, 5.41) is 0. The Morgan fingerprint density at radius 3 is 1.69 bits per heavy atom. The van der Waals surface area contributed by atoms with Crippen molar-refractivity contribution in [3.05, 3.63) is 29.3 Å². The van der Waals surface area contributed by atoms with Crippen molar-refractivity contribution in [1.82, 2.24) is 0 Å². The molecule has 0 aliphatic heterocycles. The molecule has 0 fully saturated rings. The van der Waals surface area contributed by atoms with Gasteiger partial charge in [0, 0.05) is 0 Å². The van der Waals surface area contributed by atoms with Crippen LogP contribution < -0.4 is 5.73 Å². The predicted octanol–water partition coefficient (Wildman–Crippen LogP) is 2.57. The van der Waals surface area contributed by atoms with Crippen molar-refractivity contribution in [2.45, 2.75) is 6.18 Å². The van der Waals surface area contributed by atoms with E-state index in [4.69, 9.17) is 5.73 Å². The van der Waals surface area contributed by atoms with Gasteiger partial charge in [0.25, 0.3) is 0 Å². The highest BCUT2D eigenvalue weighted by Gasteiger charge is 2.32. The third-order valence-corrected chi connectivity index (χ3v) is 1.41. The largest absolute Gasteiger partial charge is 0.416 e. The molecule has 0 spiro atoms. The SMILES string of the molecule is Nc1c(F)cc(C(F)(F)F)cc1F. The normalized spacial score (nSPS) is 11.8. The second kappa shape index (κ2) is 2.86. The Morgan fingerprint density at radius 2 is 1.38 bits per heavy atom. The van der Waals surface area contributed by atoms with Gasteiger partial charge in [-0.3, -0.25) is 0 Å². The molecule has 0 saturated heterocycles. The lowest BCUT2D eigenvalue weighted by molar-refractivity contribution is -0.137. The quantitative estimate of drug-likeness (QED) is 0.502. The van der Waals surface area contributed by atoms with Gasteiger partial charge in [0.05, 0.1) is 5.56 Å². The molecule has 1 nitrogen and oxygen atoms in total. The summed E-state index contributed by atoms with van der Waals surface area (Å²) in [6, 6.07) is 0.302. The minimum absolute atomic E-state index is 0.151. The molecular formula is C7H4F5N. The number of benzene rings is 1. The van der Waals surface area contributed by atoms with Gasteiger partial charge in [-0.1, -0.05) is 0 Å². The molecule has 2 N–H and O–H groups in total. The minimum atomic E-state index is -4.77. The van der Waals surface area contributed by atoms with Crippen LogP contribution >= 0.6 is 0 Å². The van der Waals surface area contributed by atoms with Crippen molar-refractivity contribution in [2.24, 2.45) is 0 Å². The van der Waals surface area contributed by atoms with Crippen molar-refractivity contribution < 1.29 is 22.0 Å². The summed E-state index contributed by atoms with van der Waals surface area (Å²) in [5.41, 5.74) is 2.48. The molecule has 0 amide bonds. The Balaban J connectivity index is 3.29. The van der Waals surface area contributed by atoms with Gasteiger partial charge in [0.2, 0.25) is 0 Å². The van der Waals surface area contributed by atoms with E-state index >= 15 is 0 Å². The third-order valence-electron chi connectivity index (χ3n) is 1.41. The van der Waals surface area contributed by atoms with Gasteiger partial charge < -0.3 is 5.73 Å². The van der Waals surface area contributed by atoms with Crippen molar-refractivity contribution in [1.29, 1.82) is 0 Å². The van der Waals surface area contributed by atoms with Crippen LogP contribution in [0, 0.1) is 11.6 Å². The fraction of sp³-hybridized carbons (Fsp3) is 0.143. The lowest BCUT2D eigenvalue weighted by Crippen LogP contribution is -2.08. The van der Waals surface area contributed by atoms with Gasteiger partial charge in [0.1, 0.15) is 17.3 Å². The predicted molar refractivity (Wildman–Crippen MR) is 35.8 cm³/mol. The highest BCUT2D eigenvalue weighted by molar-refractivity contribution is 5.43. The zero-order valence-electron chi connectivity index (χ0n) is 6.12. The van der Waals surface area contributed by atoms with Gasteiger partial charge >= 0.3 is 6.18 Å². The summed E-state index contributed by atoms with van der Waals surface area (Å²) in [6.07, 6.45) is -4.77. The summed E-state index contributed by atoms with van der Waals surface area (Å²) < 4.78 is 60.7. The van der Waals surface area contributed by atoms with E-state index in [9.17, 15) is 22.0 Å². The van der Waals surface area contributed by atoms with E-state index in [1.54, 1.807) is 0 Å². The molecule has 0 atom stereocenters. The maximum atomic E-state index is 12.5. The van der Waals surface area contributed by atoms with Crippen LogP contribution in [0.5, 0.6) is 0 Å². The first-order chi connectivity index (χ1) is 5.82. The summed E-state index contributed by atoms with van der Waals surface area (Å²) >= 11 is 0. The molecule has 1 aromatic rings. The van der Waals surface area contributed by atoms with Gasteiger partial charge in [-0.05, 0) is 12.1 Å². The van der Waals surface area contributed by atoms with E-state index in [0.29, 0.717) is 0 Å². The Bertz CT molecular complexity index is 307. The number of alkyl halides is 3. The van der Waals surface area contributed by atoms with Crippen LogP contribution in [0.3, 0.4) is 0 Å². The Hall–Kier alpha value is -1.33. The zero-order chi connectivity index (χ0) is 10.2. The first-order valence-corrected chi connectivity index (χ1v) is 3.14. The summed E-state index contributed by atoms with van der Waals surface area (Å²) in [4.78, 5) is 0. The molecule has 0 unspecified atom stereocenters. The molecule has 6 heteroatoms. The topological polar surface area (TPSA) is 26.0 Å². The first kappa shape index (κ1) is 9.76. The molecule has 1 rings (SSSR count). The molecule has 0 aliphatic carbocycles. The maximum absolute atomic E-state index is 12.5. The number of rotatable bonds is 0. The third kappa shape index (κ3) is 1.88. The molecule has 13 heavy (non-hydrogen) atoms. The molecule has 1 aromatic carbocycles. The molecule has 72 valence electrons. The van der Waals surface area contributed by atoms with Crippen molar-refractivity contribution in [3.63, 3.8) is 0 Å². The molecule has 0 aliphatic rings. The monoisotopic (exact) mass is 197 g/mol. The van der Waals surface area contributed by atoms with E-state index in [1.807, 2.05) is 0 Å². The second-order valence-corrected chi connectivity index (χ2v) is 2.35. The van der Waals surface area contributed by atoms with Crippen molar-refractivity contribution >= 4 is 5.69 Å². The minimum Gasteiger partial charge on any atom is -0.394 e. The summed E-state index contributed by atoms with van der Waals surface area (Å²) in [6.45, 7) is 0. The van der Waals surface area contributed by atoms with E-state index in [2.05, 4.69) is 0 Å². The maximum Gasteiger partial charge on any atom is 0.416 e. The second-order valence-electron chi connectivity index (χ2n) is 2.35. The van der Waals surface area contributed by atoms with Crippen molar-refractivity contribution in [2.75, 3.05) is 5.73 Å². The summed E-state index contributed by atoms with van der Waals surface area (Å²) in [5.74, 6) is -2.82. The van der Waals surface area contributed by atoms with Crippen LogP contribution in [-0.4, -0.2) is 0 Å². The number of nitrogens with two attached hydrogens (primary N) is 1. The van der Waals surface area contributed by atoms with Crippen LogP contribution in [0.4, 0.5) is 27.6 Å². The van der Waals surface area contributed by atoms with E-state index in [1.165, 1.54) is 0 Å². The van der Waals surface area contributed by atoms with E-state index < -0.39 is 29.1 Å². The number of hydrogen-bond acceptors (Lipinski definition) is 1. The lowest BCUT2D eigenvalue weighted by atomic mass is 10.2. The molecule has 0 saturated carbocycles. The van der Waals surface area contributed by atoms with Crippen LogP contribution in [0.25, 0.3) is 0 Å². The average Bonchev–Trinajstić information content (AvgIpc) is 1.97. The van der Waals surface area contributed by atoms with E-state index in [0.717, 1.165) is 0 Å². The highest BCUT2D eigenvalue weighted by Crippen LogP contribution is 2.31. The lowest BCUT2D eigenvalue weighted by Gasteiger charge is -2.07. The first-order valence-electron chi connectivity index (χ1n) is 3.14. The smallest absolute Gasteiger partial charge is 0.394 e. The van der Waals surface area contributed by atoms with Crippen LogP contribution in [0.15, 0.2) is 12.1 Å². The van der Waals surface area contributed by atoms with Crippen molar-refractivity contribution in [3.8, 4) is 0 Å². The van der Waals surface area contributed by atoms with Gasteiger partial charge in [-0.2, -0.15) is 13.2 Å². The fourth-order valence-corrected chi connectivity index (χ4v) is 0.748. The number of hydrogen-bond donors (Lipinski definition) is 1. The Kier molecular flexibility index (Phi) is 2.15. The average molecular weight is 197 g/mol. The number of halogens is 5. The van der Waals surface area contributed by atoms with Gasteiger partial charge in [-0.25, -0.2) is 8.78 Å².